The fourth-order valence-corrected chi connectivity index (χ4v) is 4.14. The third-order valence-corrected chi connectivity index (χ3v) is 5.68. The number of benzene rings is 2. The lowest BCUT2D eigenvalue weighted by atomic mass is 9.97. The molecule has 0 spiro atoms. The molecule has 0 unspecified atom stereocenters. The standard InChI is InChI=1S/C26H23N2O/c1-16-7-5-6-8-20(16)24-14-23(17(2)15-28(24)4)19-10-12-21-22-11-9-18(3)27-26(22)29-25(21)13-19/h5-15H,1-4H3/q+1. The van der Waals surface area contributed by atoms with Crippen molar-refractivity contribution in [2.45, 2.75) is 20.8 Å². The molecule has 0 bridgehead atoms. The van der Waals surface area contributed by atoms with E-state index in [1.807, 2.05) is 13.0 Å². The van der Waals surface area contributed by atoms with Gasteiger partial charge in [0.15, 0.2) is 6.20 Å². The van der Waals surface area contributed by atoms with Crippen LogP contribution in [0.1, 0.15) is 16.8 Å². The van der Waals surface area contributed by atoms with E-state index in [0.29, 0.717) is 5.71 Å². The van der Waals surface area contributed by atoms with Crippen LogP contribution in [0.4, 0.5) is 0 Å². The zero-order chi connectivity index (χ0) is 20.1. The molecule has 0 fully saturated rings. The van der Waals surface area contributed by atoms with Crippen molar-refractivity contribution < 1.29 is 8.98 Å². The Kier molecular flexibility index (Phi) is 3.99. The molecule has 3 nitrogen and oxygen atoms in total. The summed E-state index contributed by atoms with van der Waals surface area (Å²) in [5, 5.41) is 2.17. The van der Waals surface area contributed by atoms with E-state index in [1.54, 1.807) is 0 Å². The lowest BCUT2D eigenvalue weighted by Gasteiger charge is -2.10. The van der Waals surface area contributed by atoms with Gasteiger partial charge in [0.25, 0.3) is 0 Å². The monoisotopic (exact) mass is 379 g/mol. The first kappa shape index (κ1) is 17.6. The second kappa shape index (κ2) is 6.56. The van der Waals surface area contributed by atoms with Crippen LogP contribution in [-0.4, -0.2) is 4.98 Å². The average molecular weight is 379 g/mol. The Bertz CT molecular complexity index is 1400. The summed E-state index contributed by atoms with van der Waals surface area (Å²) in [5.74, 6) is 0. The van der Waals surface area contributed by atoms with E-state index in [2.05, 4.69) is 91.2 Å². The Morgan fingerprint density at radius 2 is 1.59 bits per heavy atom. The number of fused-ring (bicyclic) bond motifs is 3. The van der Waals surface area contributed by atoms with Gasteiger partial charge in [0.2, 0.25) is 11.4 Å². The second-order valence-corrected chi connectivity index (χ2v) is 7.80. The Balaban J connectivity index is 1.71. The summed E-state index contributed by atoms with van der Waals surface area (Å²) < 4.78 is 8.28. The van der Waals surface area contributed by atoms with Crippen LogP contribution in [0.25, 0.3) is 44.5 Å². The van der Waals surface area contributed by atoms with Gasteiger partial charge in [-0.3, -0.25) is 0 Å². The van der Waals surface area contributed by atoms with E-state index in [-0.39, 0.29) is 0 Å². The summed E-state index contributed by atoms with van der Waals surface area (Å²) in [7, 11) is 2.11. The van der Waals surface area contributed by atoms with Crippen LogP contribution >= 0.6 is 0 Å². The molecule has 0 atom stereocenters. The van der Waals surface area contributed by atoms with E-state index < -0.39 is 0 Å². The van der Waals surface area contributed by atoms with Crippen LogP contribution < -0.4 is 4.57 Å². The largest absolute Gasteiger partial charge is 0.438 e. The van der Waals surface area contributed by atoms with E-state index in [1.165, 1.54) is 27.9 Å². The molecule has 0 amide bonds. The minimum Gasteiger partial charge on any atom is -0.438 e. The molecule has 3 heteroatoms. The van der Waals surface area contributed by atoms with Gasteiger partial charge in [-0.05, 0) is 67.8 Å². The molecule has 0 radical (unpaired) electrons. The Hall–Kier alpha value is -3.46. The van der Waals surface area contributed by atoms with E-state index in [4.69, 9.17) is 4.42 Å². The number of hydrogen-bond acceptors (Lipinski definition) is 2. The van der Waals surface area contributed by atoms with E-state index in [9.17, 15) is 0 Å². The molecule has 5 rings (SSSR count). The summed E-state index contributed by atoms with van der Waals surface area (Å²) in [6.45, 7) is 6.30. The molecule has 5 aromatic rings. The first-order chi connectivity index (χ1) is 14.0. The number of aromatic nitrogens is 2. The normalized spacial score (nSPS) is 11.4. The zero-order valence-corrected chi connectivity index (χ0v) is 17.2. The highest BCUT2D eigenvalue weighted by Crippen LogP contribution is 2.33. The van der Waals surface area contributed by atoms with Gasteiger partial charge in [-0.1, -0.05) is 24.3 Å². The highest BCUT2D eigenvalue weighted by molar-refractivity contribution is 6.04. The summed E-state index contributed by atoms with van der Waals surface area (Å²) in [5.41, 5.74) is 9.86. The quantitative estimate of drug-likeness (QED) is 0.349. The summed E-state index contributed by atoms with van der Waals surface area (Å²) in [6, 6.07) is 21.4. The van der Waals surface area contributed by atoms with Gasteiger partial charge in [-0.2, -0.15) is 0 Å². The van der Waals surface area contributed by atoms with Crippen LogP contribution in [0.3, 0.4) is 0 Å². The van der Waals surface area contributed by atoms with Crippen molar-refractivity contribution >= 4 is 22.1 Å². The topological polar surface area (TPSA) is 29.9 Å². The Morgan fingerprint density at radius 3 is 2.41 bits per heavy atom. The van der Waals surface area contributed by atoms with Crippen molar-refractivity contribution in [3.8, 4) is 22.4 Å². The molecule has 29 heavy (non-hydrogen) atoms. The molecule has 2 aromatic carbocycles. The number of aryl methyl sites for hydroxylation is 4. The van der Waals surface area contributed by atoms with Crippen molar-refractivity contribution in [1.29, 1.82) is 0 Å². The third kappa shape index (κ3) is 2.90. The van der Waals surface area contributed by atoms with Gasteiger partial charge in [-0.15, -0.1) is 0 Å². The fraction of sp³-hybridized carbons (Fsp3) is 0.154. The maximum absolute atomic E-state index is 6.08. The number of rotatable bonds is 2. The summed E-state index contributed by atoms with van der Waals surface area (Å²) in [6.07, 6.45) is 2.20. The van der Waals surface area contributed by atoms with Crippen LogP contribution in [0.5, 0.6) is 0 Å². The SMILES string of the molecule is Cc1ccc2c(n1)oc1cc(-c3cc(-c4ccccc4C)[n+](C)cc3C)ccc12. The van der Waals surface area contributed by atoms with Crippen LogP contribution in [-0.2, 0) is 7.05 Å². The summed E-state index contributed by atoms with van der Waals surface area (Å²) in [4.78, 5) is 4.54. The van der Waals surface area contributed by atoms with Gasteiger partial charge in [0.05, 0.1) is 0 Å². The fourth-order valence-electron chi connectivity index (χ4n) is 4.14. The van der Waals surface area contributed by atoms with E-state index >= 15 is 0 Å². The lowest BCUT2D eigenvalue weighted by Crippen LogP contribution is -2.31. The van der Waals surface area contributed by atoms with Gasteiger partial charge < -0.3 is 4.42 Å². The predicted octanol–water partition coefficient (Wildman–Crippen LogP) is 6.06. The maximum Gasteiger partial charge on any atom is 0.227 e. The van der Waals surface area contributed by atoms with Crippen molar-refractivity contribution in [2.24, 2.45) is 7.05 Å². The van der Waals surface area contributed by atoms with E-state index in [0.717, 1.165) is 27.6 Å². The lowest BCUT2D eigenvalue weighted by molar-refractivity contribution is -0.660. The van der Waals surface area contributed by atoms with Crippen LogP contribution in [0.15, 0.2) is 71.3 Å². The highest BCUT2D eigenvalue weighted by atomic mass is 16.3. The number of nitrogens with zero attached hydrogens (tertiary/aromatic N) is 2. The molecule has 0 aliphatic rings. The Morgan fingerprint density at radius 1 is 0.793 bits per heavy atom. The Labute approximate surface area is 170 Å². The maximum atomic E-state index is 6.08. The number of furan rings is 1. The zero-order valence-electron chi connectivity index (χ0n) is 17.2. The predicted molar refractivity (Wildman–Crippen MR) is 118 cm³/mol. The van der Waals surface area contributed by atoms with Crippen molar-refractivity contribution in [2.75, 3.05) is 0 Å². The van der Waals surface area contributed by atoms with Gasteiger partial charge >= 0.3 is 0 Å². The average Bonchev–Trinajstić information content (AvgIpc) is 3.05. The van der Waals surface area contributed by atoms with Gasteiger partial charge in [0.1, 0.15) is 12.6 Å². The molecular formula is C26H23N2O+. The van der Waals surface area contributed by atoms with Crippen molar-refractivity contribution in [3.05, 3.63) is 83.7 Å². The van der Waals surface area contributed by atoms with Crippen molar-refractivity contribution in [1.82, 2.24) is 4.98 Å². The highest BCUT2D eigenvalue weighted by Gasteiger charge is 2.17. The minimum absolute atomic E-state index is 0.703. The van der Waals surface area contributed by atoms with Crippen LogP contribution in [0.2, 0.25) is 0 Å². The first-order valence-electron chi connectivity index (χ1n) is 9.88. The molecule has 0 aliphatic heterocycles. The smallest absolute Gasteiger partial charge is 0.227 e. The molecule has 0 aliphatic carbocycles. The molecular weight excluding hydrogens is 356 g/mol. The second-order valence-electron chi connectivity index (χ2n) is 7.80. The van der Waals surface area contributed by atoms with Crippen molar-refractivity contribution in [3.63, 3.8) is 0 Å². The van der Waals surface area contributed by atoms with Gasteiger partial charge in [0, 0.05) is 33.7 Å². The van der Waals surface area contributed by atoms with Crippen LogP contribution in [0, 0.1) is 20.8 Å². The first-order valence-corrected chi connectivity index (χ1v) is 9.88. The molecule has 142 valence electrons. The number of hydrogen-bond donors (Lipinski definition) is 0. The number of pyridine rings is 2. The summed E-state index contributed by atoms with van der Waals surface area (Å²) >= 11 is 0. The third-order valence-electron chi connectivity index (χ3n) is 5.68. The molecule has 0 N–H and O–H groups in total. The molecule has 3 aromatic heterocycles. The molecule has 3 heterocycles. The minimum atomic E-state index is 0.703. The molecule has 0 saturated carbocycles. The molecule has 0 saturated heterocycles. The van der Waals surface area contributed by atoms with Gasteiger partial charge in [-0.25, -0.2) is 9.55 Å².